The fourth-order valence-electron chi connectivity index (χ4n) is 5.83. The molecule has 0 N–H and O–H groups in total. The quantitative estimate of drug-likeness (QED) is 0.201. The summed E-state index contributed by atoms with van der Waals surface area (Å²) in [6, 6.07) is 31.7. The number of carbonyl (C=O) groups is 2. The summed E-state index contributed by atoms with van der Waals surface area (Å²) in [4.78, 5) is 27.0. The molecule has 0 bridgehead atoms. The van der Waals surface area contributed by atoms with Crippen molar-refractivity contribution in [2.24, 2.45) is 0 Å². The first kappa shape index (κ1) is 26.8. The SMILES string of the molecule is CCc1cccc(C2CC(c3ccc(Cl)cc3)C=C2C(=O)c2cccc(C)c2)c1CCC(=O)c1ccccc1. The van der Waals surface area contributed by atoms with Crippen molar-refractivity contribution in [3.8, 4) is 0 Å². The second-order valence-electron chi connectivity index (χ2n) is 10.4. The Morgan fingerprint density at radius 3 is 2.28 bits per heavy atom. The molecule has 0 aliphatic heterocycles. The summed E-state index contributed by atoms with van der Waals surface area (Å²) in [6.45, 7) is 4.17. The van der Waals surface area contributed by atoms with Crippen LogP contribution in [0.3, 0.4) is 0 Å². The minimum atomic E-state index is -0.0491. The largest absolute Gasteiger partial charge is 0.294 e. The van der Waals surface area contributed by atoms with Crippen molar-refractivity contribution in [1.29, 1.82) is 0 Å². The van der Waals surface area contributed by atoms with Gasteiger partial charge in [0.25, 0.3) is 0 Å². The molecule has 1 aliphatic rings. The van der Waals surface area contributed by atoms with Gasteiger partial charge in [-0.3, -0.25) is 9.59 Å². The average Bonchev–Trinajstić information content (AvgIpc) is 3.41. The Morgan fingerprint density at radius 2 is 1.56 bits per heavy atom. The summed E-state index contributed by atoms with van der Waals surface area (Å²) >= 11 is 6.18. The van der Waals surface area contributed by atoms with Gasteiger partial charge in [-0.2, -0.15) is 0 Å². The number of allylic oxidation sites excluding steroid dienone is 2. The van der Waals surface area contributed by atoms with Crippen LogP contribution in [-0.4, -0.2) is 11.6 Å². The minimum Gasteiger partial charge on any atom is -0.294 e. The van der Waals surface area contributed by atoms with Gasteiger partial charge in [-0.05, 0) is 66.6 Å². The van der Waals surface area contributed by atoms with Crippen molar-refractivity contribution < 1.29 is 9.59 Å². The van der Waals surface area contributed by atoms with Gasteiger partial charge < -0.3 is 0 Å². The zero-order valence-electron chi connectivity index (χ0n) is 22.5. The number of hydrogen-bond acceptors (Lipinski definition) is 2. The van der Waals surface area contributed by atoms with Crippen molar-refractivity contribution in [1.82, 2.24) is 0 Å². The van der Waals surface area contributed by atoms with Crippen molar-refractivity contribution in [3.05, 3.63) is 153 Å². The summed E-state index contributed by atoms with van der Waals surface area (Å²) in [5.41, 5.74) is 8.13. The molecular weight excluding hydrogens is 500 g/mol. The van der Waals surface area contributed by atoms with E-state index in [0.717, 1.165) is 40.7 Å². The second-order valence-corrected chi connectivity index (χ2v) is 10.8. The van der Waals surface area contributed by atoms with E-state index in [9.17, 15) is 9.59 Å². The smallest absolute Gasteiger partial charge is 0.189 e. The van der Waals surface area contributed by atoms with Gasteiger partial charge in [0.15, 0.2) is 11.6 Å². The Balaban J connectivity index is 1.53. The number of Topliss-reactive ketones (excluding diaryl/α,β-unsaturated/α-hetero) is 2. The number of rotatable bonds is 9. The van der Waals surface area contributed by atoms with Crippen LogP contribution in [0.2, 0.25) is 5.02 Å². The molecule has 2 unspecified atom stereocenters. The van der Waals surface area contributed by atoms with Gasteiger partial charge in [0, 0.05) is 40.0 Å². The second kappa shape index (κ2) is 12.0. The molecule has 1 aliphatic carbocycles. The summed E-state index contributed by atoms with van der Waals surface area (Å²) in [5, 5.41) is 0.703. The molecule has 196 valence electrons. The third kappa shape index (κ3) is 5.97. The highest BCUT2D eigenvalue weighted by atomic mass is 35.5. The van der Waals surface area contributed by atoms with Gasteiger partial charge >= 0.3 is 0 Å². The van der Waals surface area contributed by atoms with Crippen LogP contribution in [0, 0.1) is 6.92 Å². The molecule has 39 heavy (non-hydrogen) atoms. The van der Waals surface area contributed by atoms with E-state index < -0.39 is 0 Å². The van der Waals surface area contributed by atoms with Crippen LogP contribution in [0.5, 0.6) is 0 Å². The Kier molecular flexibility index (Phi) is 8.24. The zero-order valence-corrected chi connectivity index (χ0v) is 23.2. The fourth-order valence-corrected chi connectivity index (χ4v) is 5.96. The van der Waals surface area contributed by atoms with Crippen molar-refractivity contribution >= 4 is 23.2 Å². The van der Waals surface area contributed by atoms with Crippen LogP contribution in [0.25, 0.3) is 0 Å². The lowest BCUT2D eigenvalue weighted by atomic mass is 9.81. The van der Waals surface area contributed by atoms with Gasteiger partial charge in [0.05, 0.1) is 0 Å². The lowest BCUT2D eigenvalue weighted by molar-refractivity contribution is 0.0981. The van der Waals surface area contributed by atoms with Gasteiger partial charge in [-0.15, -0.1) is 0 Å². The van der Waals surface area contributed by atoms with Crippen LogP contribution >= 0.6 is 11.6 Å². The first-order chi connectivity index (χ1) is 18.9. The molecule has 0 aromatic heterocycles. The van der Waals surface area contributed by atoms with Gasteiger partial charge in [0.1, 0.15) is 0 Å². The summed E-state index contributed by atoms with van der Waals surface area (Å²) in [5.74, 6) is 0.282. The maximum atomic E-state index is 14.0. The number of ketones is 2. The third-order valence-corrected chi connectivity index (χ3v) is 8.10. The topological polar surface area (TPSA) is 34.1 Å². The molecule has 3 heteroatoms. The van der Waals surface area contributed by atoms with E-state index in [0.29, 0.717) is 17.9 Å². The molecule has 0 saturated carbocycles. The zero-order chi connectivity index (χ0) is 27.4. The summed E-state index contributed by atoms with van der Waals surface area (Å²) in [7, 11) is 0. The van der Waals surface area contributed by atoms with E-state index in [1.807, 2.05) is 73.7 Å². The maximum Gasteiger partial charge on any atom is 0.189 e. The van der Waals surface area contributed by atoms with Crippen LogP contribution in [0.1, 0.15) is 80.1 Å². The monoisotopic (exact) mass is 532 g/mol. The molecule has 0 heterocycles. The molecule has 5 rings (SSSR count). The molecular formula is C36H33ClO2. The first-order valence-electron chi connectivity index (χ1n) is 13.7. The number of carbonyl (C=O) groups excluding carboxylic acids is 2. The maximum absolute atomic E-state index is 14.0. The predicted molar refractivity (Wildman–Crippen MR) is 160 cm³/mol. The van der Waals surface area contributed by atoms with Crippen LogP contribution < -0.4 is 0 Å². The van der Waals surface area contributed by atoms with Gasteiger partial charge in [-0.25, -0.2) is 0 Å². The third-order valence-electron chi connectivity index (χ3n) is 7.85. The highest BCUT2D eigenvalue weighted by Crippen LogP contribution is 2.46. The molecule has 0 saturated heterocycles. The Hall–Kier alpha value is -3.75. The van der Waals surface area contributed by atoms with E-state index in [4.69, 9.17) is 11.6 Å². The van der Waals surface area contributed by atoms with Gasteiger partial charge in [0.2, 0.25) is 0 Å². The van der Waals surface area contributed by atoms with Crippen LogP contribution in [0.15, 0.2) is 109 Å². The van der Waals surface area contributed by atoms with Gasteiger partial charge in [-0.1, -0.05) is 109 Å². The minimum absolute atomic E-state index is 0.0491. The summed E-state index contributed by atoms with van der Waals surface area (Å²) < 4.78 is 0. The number of halogens is 1. The predicted octanol–water partition coefficient (Wildman–Crippen LogP) is 9.11. The number of hydrogen-bond donors (Lipinski definition) is 0. The number of benzene rings is 4. The molecule has 4 aromatic rings. The van der Waals surface area contributed by atoms with E-state index in [2.05, 4.69) is 43.3 Å². The Labute approximate surface area is 236 Å². The first-order valence-corrected chi connectivity index (χ1v) is 14.1. The van der Waals surface area contributed by atoms with E-state index in [1.54, 1.807) is 0 Å². The Bertz CT molecular complexity index is 1520. The number of aryl methyl sites for hydroxylation is 2. The molecule has 0 fully saturated rings. The highest BCUT2D eigenvalue weighted by molar-refractivity contribution is 6.30. The molecule has 2 atom stereocenters. The van der Waals surface area contributed by atoms with E-state index >= 15 is 0 Å². The lowest BCUT2D eigenvalue weighted by Crippen LogP contribution is -2.13. The van der Waals surface area contributed by atoms with Crippen LogP contribution in [0.4, 0.5) is 0 Å². The normalized spacial score (nSPS) is 16.6. The van der Waals surface area contributed by atoms with Crippen molar-refractivity contribution in [2.45, 2.75) is 51.4 Å². The lowest BCUT2D eigenvalue weighted by Gasteiger charge is -2.22. The van der Waals surface area contributed by atoms with Crippen LogP contribution in [-0.2, 0) is 12.8 Å². The van der Waals surface area contributed by atoms with Crippen molar-refractivity contribution in [2.75, 3.05) is 0 Å². The molecule has 0 spiro atoms. The summed E-state index contributed by atoms with van der Waals surface area (Å²) in [6.07, 6.45) is 4.94. The molecule has 2 nitrogen and oxygen atoms in total. The van der Waals surface area contributed by atoms with Crippen molar-refractivity contribution in [3.63, 3.8) is 0 Å². The molecule has 0 amide bonds. The van der Waals surface area contributed by atoms with E-state index in [-0.39, 0.29) is 23.4 Å². The molecule has 0 radical (unpaired) electrons. The fraction of sp³-hybridized carbons (Fsp3) is 0.222. The average molecular weight is 533 g/mol. The van der Waals surface area contributed by atoms with E-state index in [1.165, 1.54) is 16.7 Å². The highest BCUT2D eigenvalue weighted by Gasteiger charge is 2.34. The molecule has 4 aromatic carbocycles. The standard InChI is InChI=1S/C36H33ClO2/c1-3-25-12-8-14-32(31(25)19-20-35(38)27-10-5-4-6-11-27)33-22-29(26-15-17-30(37)18-16-26)23-34(33)36(39)28-13-7-9-24(2)21-28/h4-18,21,23,29,33H,3,19-20,22H2,1-2H3. The Morgan fingerprint density at radius 1 is 0.846 bits per heavy atom.